The van der Waals surface area contributed by atoms with Crippen LogP contribution in [0.4, 0.5) is 5.69 Å². The Morgan fingerprint density at radius 2 is 1.63 bits per heavy atom. The number of piperazine rings is 1. The van der Waals surface area contributed by atoms with Crippen molar-refractivity contribution in [3.05, 3.63) is 118 Å². The summed E-state index contributed by atoms with van der Waals surface area (Å²) >= 11 is 0. The van der Waals surface area contributed by atoms with E-state index < -0.39 is 11.9 Å². The van der Waals surface area contributed by atoms with E-state index in [1.165, 1.54) is 7.11 Å². The number of methoxy groups -OCH3 is 1. The zero-order chi connectivity index (χ0) is 33.9. The van der Waals surface area contributed by atoms with Crippen LogP contribution in [0.5, 0.6) is 5.75 Å². The van der Waals surface area contributed by atoms with E-state index in [1.54, 1.807) is 23.1 Å². The van der Waals surface area contributed by atoms with E-state index in [-0.39, 0.29) is 35.0 Å². The Morgan fingerprint density at radius 3 is 2.41 bits per heavy atom. The van der Waals surface area contributed by atoms with Gasteiger partial charge in [0.15, 0.2) is 11.2 Å². The number of likely N-dealkylation sites (tertiary alicyclic amines) is 1. The predicted octanol–water partition coefficient (Wildman–Crippen LogP) is 4.77. The third kappa shape index (κ3) is 6.85. The van der Waals surface area contributed by atoms with E-state index in [9.17, 15) is 19.2 Å². The Kier molecular flexibility index (Phi) is 9.02. The zero-order valence-corrected chi connectivity index (χ0v) is 27.4. The minimum atomic E-state index is -0.898. The first-order chi connectivity index (χ1) is 23.9. The number of hydrogen-bond acceptors (Lipinski definition) is 7. The van der Waals surface area contributed by atoms with Crippen molar-refractivity contribution in [3.63, 3.8) is 0 Å². The van der Waals surface area contributed by atoms with Gasteiger partial charge in [0.1, 0.15) is 17.4 Å². The number of nitrogens with one attached hydrogen (secondary N) is 1. The van der Waals surface area contributed by atoms with Gasteiger partial charge in [-0.05, 0) is 52.6 Å². The van der Waals surface area contributed by atoms with Gasteiger partial charge in [0.2, 0.25) is 11.8 Å². The highest BCUT2D eigenvalue weighted by Gasteiger charge is 2.31. The molecule has 5 aromatic rings. The number of benzene rings is 4. The lowest BCUT2D eigenvalue weighted by Gasteiger charge is -2.38. The summed E-state index contributed by atoms with van der Waals surface area (Å²) in [6, 6.07) is 27.2. The van der Waals surface area contributed by atoms with Crippen molar-refractivity contribution in [1.82, 2.24) is 15.1 Å². The van der Waals surface area contributed by atoms with E-state index in [0.29, 0.717) is 50.3 Å². The highest BCUT2D eigenvalue weighted by atomic mass is 16.5. The van der Waals surface area contributed by atoms with Gasteiger partial charge in [-0.25, -0.2) is 0 Å². The molecule has 0 radical (unpaired) electrons. The molecule has 0 aliphatic carbocycles. The zero-order valence-electron chi connectivity index (χ0n) is 27.4. The molecule has 4 aromatic carbocycles. The van der Waals surface area contributed by atoms with Crippen molar-refractivity contribution in [2.75, 3.05) is 44.7 Å². The number of ether oxygens (including phenoxy) is 1. The standard InChI is InChI=1S/C39H38N4O6/c1-48-30-14-15-35-31(23-30)34(44)24-36(49-35)38(46)40-32(22-26-12-13-27-7-2-3-8-28(27)21-26)39(47)42-19-17-41(18-20-42)33-10-5-4-9-29(33)25-43-16-6-11-37(43)45/h2-5,7-10,12-15,21,23-24,32H,6,11,16-20,22,25H2,1H3,(H,40,46)/t32-/m1/s1. The number of anilines is 1. The molecule has 2 aliphatic heterocycles. The largest absolute Gasteiger partial charge is 0.497 e. The Balaban J connectivity index is 1.11. The molecule has 2 aliphatic rings. The Hall–Kier alpha value is -5.64. The summed E-state index contributed by atoms with van der Waals surface area (Å²) in [4.78, 5) is 59.1. The first-order valence-corrected chi connectivity index (χ1v) is 16.7. The molecule has 0 saturated carbocycles. The summed E-state index contributed by atoms with van der Waals surface area (Å²) in [5.74, 6) is -0.323. The quantitative estimate of drug-likeness (QED) is 0.243. The molecule has 1 atom stereocenters. The van der Waals surface area contributed by atoms with Crippen LogP contribution < -0.4 is 20.4 Å². The Morgan fingerprint density at radius 1 is 0.857 bits per heavy atom. The molecule has 2 saturated heterocycles. The fourth-order valence-corrected chi connectivity index (χ4v) is 6.82. The van der Waals surface area contributed by atoms with Crippen molar-refractivity contribution < 1.29 is 23.5 Å². The molecular formula is C39H38N4O6. The predicted molar refractivity (Wildman–Crippen MR) is 188 cm³/mol. The van der Waals surface area contributed by atoms with E-state index in [0.717, 1.165) is 46.6 Å². The molecule has 0 unspecified atom stereocenters. The van der Waals surface area contributed by atoms with E-state index >= 15 is 0 Å². The highest BCUT2D eigenvalue weighted by molar-refractivity contribution is 5.97. The van der Waals surface area contributed by atoms with E-state index in [1.807, 2.05) is 59.5 Å². The maximum Gasteiger partial charge on any atom is 0.287 e. The molecule has 2 fully saturated rings. The number of rotatable bonds is 9. The lowest BCUT2D eigenvalue weighted by atomic mass is 10.0. The lowest BCUT2D eigenvalue weighted by molar-refractivity contribution is -0.133. The number of amides is 3. The minimum absolute atomic E-state index is 0.170. The monoisotopic (exact) mass is 658 g/mol. The molecular weight excluding hydrogens is 620 g/mol. The molecule has 3 heterocycles. The van der Waals surface area contributed by atoms with Crippen LogP contribution in [0, 0.1) is 0 Å². The first-order valence-electron chi connectivity index (χ1n) is 16.7. The number of hydrogen-bond donors (Lipinski definition) is 1. The van der Waals surface area contributed by atoms with Gasteiger partial charge < -0.3 is 29.2 Å². The fraction of sp³-hybridized carbons (Fsp3) is 0.282. The van der Waals surface area contributed by atoms with Gasteiger partial charge in [0, 0.05) is 63.9 Å². The van der Waals surface area contributed by atoms with Crippen LogP contribution in [0.3, 0.4) is 0 Å². The SMILES string of the molecule is COc1ccc2oc(C(=O)N[C@H](Cc3ccc4ccccc4c3)C(=O)N3CCN(c4ccccc4CN4CCCC4=O)CC3)cc(=O)c2c1. The van der Waals surface area contributed by atoms with Crippen molar-refractivity contribution in [1.29, 1.82) is 0 Å². The van der Waals surface area contributed by atoms with Crippen molar-refractivity contribution in [3.8, 4) is 5.75 Å². The van der Waals surface area contributed by atoms with Crippen LogP contribution in [0.25, 0.3) is 21.7 Å². The lowest BCUT2D eigenvalue weighted by Crippen LogP contribution is -2.55. The molecule has 10 heteroatoms. The third-order valence-electron chi connectivity index (χ3n) is 9.47. The van der Waals surface area contributed by atoms with Crippen LogP contribution in [0.2, 0.25) is 0 Å². The first kappa shape index (κ1) is 31.9. The molecule has 0 spiro atoms. The van der Waals surface area contributed by atoms with Gasteiger partial charge in [-0.15, -0.1) is 0 Å². The Bertz CT molecular complexity index is 2100. The minimum Gasteiger partial charge on any atom is -0.497 e. The molecule has 10 nitrogen and oxygen atoms in total. The number of nitrogens with zero attached hydrogens (tertiary/aromatic N) is 3. The van der Waals surface area contributed by atoms with Gasteiger partial charge >= 0.3 is 0 Å². The van der Waals surface area contributed by atoms with E-state index in [4.69, 9.17) is 9.15 Å². The average Bonchev–Trinajstić information content (AvgIpc) is 3.54. The third-order valence-corrected chi connectivity index (χ3v) is 9.47. The molecule has 7 rings (SSSR count). The summed E-state index contributed by atoms with van der Waals surface area (Å²) in [6.45, 7) is 3.50. The van der Waals surface area contributed by atoms with Crippen molar-refractivity contribution in [2.24, 2.45) is 0 Å². The molecule has 1 N–H and O–H groups in total. The van der Waals surface area contributed by atoms with Gasteiger partial charge in [-0.2, -0.15) is 0 Å². The summed E-state index contributed by atoms with van der Waals surface area (Å²) < 4.78 is 11.1. The maximum absolute atomic E-state index is 14.2. The summed E-state index contributed by atoms with van der Waals surface area (Å²) in [6.07, 6.45) is 1.75. The summed E-state index contributed by atoms with van der Waals surface area (Å²) in [5, 5.41) is 5.32. The topological polar surface area (TPSA) is 112 Å². The van der Waals surface area contributed by atoms with Crippen molar-refractivity contribution in [2.45, 2.75) is 31.8 Å². The van der Waals surface area contributed by atoms with Gasteiger partial charge in [-0.1, -0.05) is 60.7 Å². The fourth-order valence-electron chi connectivity index (χ4n) is 6.82. The normalized spacial score (nSPS) is 15.5. The van der Waals surface area contributed by atoms with Crippen LogP contribution in [-0.2, 0) is 22.6 Å². The molecule has 1 aromatic heterocycles. The van der Waals surface area contributed by atoms with Gasteiger partial charge in [0.25, 0.3) is 5.91 Å². The number of carbonyl (C=O) groups is 3. The molecule has 3 amide bonds. The molecule has 49 heavy (non-hydrogen) atoms. The van der Waals surface area contributed by atoms with Gasteiger partial charge in [0.05, 0.1) is 12.5 Å². The number of para-hydroxylation sites is 1. The smallest absolute Gasteiger partial charge is 0.287 e. The Labute approximate surface area is 283 Å². The van der Waals surface area contributed by atoms with Crippen LogP contribution in [0.15, 0.2) is 100 Å². The second-order valence-corrected chi connectivity index (χ2v) is 12.6. The van der Waals surface area contributed by atoms with Gasteiger partial charge in [-0.3, -0.25) is 19.2 Å². The average molecular weight is 659 g/mol. The second-order valence-electron chi connectivity index (χ2n) is 12.6. The summed E-state index contributed by atoms with van der Waals surface area (Å²) in [5.41, 5.74) is 2.93. The van der Waals surface area contributed by atoms with Crippen LogP contribution in [0.1, 0.15) is 34.5 Å². The van der Waals surface area contributed by atoms with E-state index in [2.05, 4.69) is 22.3 Å². The molecule has 250 valence electrons. The highest BCUT2D eigenvalue weighted by Crippen LogP contribution is 2.26. The van der Waals surface area contributed by atoms with Crippen molar-refractivity contribution >= 4 is 45.2 Å². The number of carbonyl (C=O) groups excluding carboxylic acids is 3. The summed E-state index contributed by atoms with van der Waals surface area (Å²) in [7, 11) is 1.51. The van der Waals surface area contributed by atoms with Crippen LogP contribution in [-0.4, -0.2) is 73.4 Å². The molecule has 0 bridgehead atoms. The maximum atomic E-state index is 14.2. The second kappa shape index (κ2) is 13.8. The van der Waals surface area contributed by atoms with Crippen LogP contribution >= 0.6 is 0 Å². The number of fused-ring (bicyclic) bond motifs is 2.